The van der Waals surface area contributed by atoms with Crippen molar-refractivity contribution in [2.24, 2.45) is 5.73 Å². The molecule has 1 aliphatic rings. The second kappa shape index (κ2) is 9.84. The van der Waals surface area contributed by atoms with Gasteiger partial charge < -0.3 is 15.2 Å². The summed E-state index contributed by atoms with van der Waals surface area (Å²) in [5.41, 5.74) is 7.15. The zero-order valence-electron chi connectivity index (χ0n) is 18.6. The first-order chi connectivity index (χ1) is 16.5. The number of carbonyl (C=O) groups is 2. The van der Waals surface area contributed by atoms with Crippen LogP contribution in [-0.4, -0.2) is 39.7 Å². The first-order valence-corrected chi connectivity index (χ1v) is 11.4. The van der Waals surface area contributed by atoms with Crippen molar-refractivity contribution in [2.45, 2.75) is 19.9 Å². The molecule has 2 N–H and O–H groups in total. The number of pyridine rings is 2. The zero-order chi connectivity index (χ0) is 24.2. The fourth-order valence-corrected chi connectivity index (χ4v) is 4.90. The smallest absolute Gasteiger partial charge is 0.343 e. The third-order valence-corrected chi connectivity index (χ3v) is 6.22. The van der Waals surface area contributed by atoms with E-state index in [0.29, 0.717) is 15.7 Å². The van der Waals surface area contributed by atoms with Crippen LogP contribution in [0, 0.1) is 0 Å². The molecular weight excluding hydrogens is 456 g/mol. The monoisotopic (exact) mass is 478 g/mol. The molecule has 10 heteroatoms. The van der Waals surface area contributed by atoms with Gasteiger partial charge in [0.25, 0.3) is 5.56 Å². The Labute approximate surface area is 198 Å². The third kappa shape index (κ3) is 4.15. The van der Waals surface area contributed by atoms with Crippen LogP contribution in [0.2, 0.25) is 0 Å². The molecule has 0 amide bonds. The second-order valence-corrected chi connectivity index (χ2v) is 8.24. The van der Waals surface area contributed by atoms with Crippen molar-refractivity contribution in [1.82, 2.24) is 14.5 Å². The lowest BCUT2D eigenvalue weighted by Crippen LogP contribution is -2.43. The van der Waals surface area contributed by atoms with Crippen LogP contribution < -0.4 is 20.5 Å². The van der Waals surface area contributed by atoms with Crippen LogP contribution in [-0.2, 0) is 19.1 Å². The Hall–Kier alpha value is -4.05. The van der Waals surface area contributed by atoms with Crippen LogP contribution in [0.1, 0.15) is 31.0 Å². The average molecular weight is 479 g/mol. The van der Waals surface area contributed by atoms with E-state index in [9.17, 15) is 14.4 Å². The number of nitrogens with two attached hydrogens (primary N) is 1. The second-order valence-electron chi connectivity index (χ2n) is 7.21. The van der Waals surface area contributed by atoms with Crippen molar-refractivity contribution in [2.75, 3.05) is 13.2 Å². The molecule has 9 nitrogen and oxygen atoms in total. The van der Waals surface area contributed by atoms with Gasteiger partial charge in [0.1, 0.15) is 10.2 Å². The lowest BCUT2D eigenvalue weighted by atomic mass is 9.93. The van der Waals surface area contributed by atoms with E-state index in [0.717, 1.165) is 11.3 Å². The van der Waals surface area contributed by atoms with Gasteiger partial charge >= 0.3 is 11.9 Å². The highest BCUT2D eigenvalue weighted by molar-refractivity contribution is 7.07. The Morgan fingerprint density at radius 1 is 1.09 bits per heavy atom. The Kier molecular flexibility index (Phi) is 6.69. The number of thiazole rings is 1. The summed E-state index contributed by atoms with van der Waals surface area (Å²) in [6.45, 7) is 3.51. The maximum atomic E-state index is 13.7. The summed E-state index contributed by atoms with van der Waals surface area (Å²) in [6, 6.07) is 6.06. The summed E-state index contributed by atoms with van der Waals surface area (Å²) in [5.74, 6) is -1.45. The van der Waals surface area contributed by atoms with Crippen LogP contribution in [0.15, 0.2) is 65.1 Å². The molecular formula is C24H22N4O5S. The average Bonchev–Trinajstić information content (AvgIpc) is 3.14. The Morgan fingerprint density at radius 2 is 1.76 bits per heavy atom. The topological polar surface area (TPSA) is 126 Å². The fraction of sp³-hybridized carbons (Fsp3) is 0.208. The molecule has 0 spiro atoms. The minimum Gasteiger partial charge on any atom is -0.463 e. The van der Waals surface area contributed by atoms with Crippen LogP contribution in [0.25, 0.3) is 11.6 Å². The predicted molar refractivity (Wildman–Crippen MR) is 126 cm³/mol. The summed E-state index contributed by atoms with van der Waals surface area (Å²) in [4.78, 5) is 47.9. The third-order valence-electron chi connectivity index (χ3n) is 5.12. The van der Waals surface area contributed by atoms with Crippen molar-refractivity contribution < 1.29 is 19.1 Å². The molecule has 0 bridgehead atoms. The quantitative estimate of drug-likeness (QED) is 0.511. The van der Waals surface area contributed by atoms with Gasteiger partial charge in [0.05, 0.1) is 35.1 Å². The lowest BCUT2D eigenvalue weighted by molar-refractivity contribution is -0.139. The van der Waals surface area contributed by atoms with E-state index in [1.165, 1.54) is 4.57 Å². The van der Waals surface area contributed by atoms with E-state index in [1.807, 2.05) is 0 Å². The van der Waals surface area contributed by atoms with Crippen LogP contribution in [0.3, 0.4) is 0 Å². The molecule has 1 aliphatic heterocycles. The first-order valence-electron chi connectivity index (χ1n) is 10.6. The van der Waals surface area contributed by atoms with Gasteiger partial charge in [-0.15, -0.1) is 11.3 Å². The van der Waals surface area contributed by atoms with E-state index in [4.69, 9.17) is 15.2 Å². The molecule has 1 unspecified atom stereocenters. The van der Waals surface area contributed by atoms with Crippen molar-refractivity contribution in [3.05, 3.63) is 91.0 Å². The molecule has 0 saturated heterocycles. The number of nitrogens with zero attached hydrogens (tertiary/aromatic N) is 3. The van der Waals surface area contributed by atoms with Crippen LogP contribution >= 0.6 is 11.3 Å². The predicted octanol–water partition coefficient (Wildman–Crippen LogP) is 0.621. The number of hydrogen-bond acceptors (Lipinski definition) is 9. The molecule has 1 atom stereocenters. The normalized spacial score (nSPS) is 15.8. The standard InChI is InChI=1S/C24H22N4O5S/c1-3-32-23(30)17-19(25)18(24(31)33-4-2)22-28(20(17)15-8-6-10-27-13-15)21(29)16(34-22)11-14-7-5-9-26-12-14/h5-13,20H,3-4,25H2,1-2H3. The van der Waals surface area contributed by atoms with Gasteiger partial charge in [0.15, 0.2) is 0 Å². The number of hydrogen-bond donors (Lipinski definition) is 1. The van der Waals surface area contributed by atoms with E-state index in [2.05, 4.69) is 9.97 Å². The van der Waals surface area contributed by atoms with Crippen molar-refractivity contribution >= 4 is 34.9 Å². The molecule has 0 saturated carbocycles. The zero-order valence-corrected chi connectivity index (χ0v) is 19.4. The van der Waals surface area contributed by atoms with Crippen molar-refractivity contribution in [3.63, 3.8) is 0 Å². The Morgan fingerprint density at radius 3 is 2.38 bits per heavy atom. The SMILES string of the molecule is CCOC(=O)C1=C(N)C(C(=O)OCC)=c2sc(=Cc3cccnc3)c(=O)n2C1c1cccnc1. The highest BCUT2D eigenvalue weighted by atomic mass is 32.1. The minimum atomic E-state index is -0.930. The van der Waals surface area contributed by atoms with Crippen molar-refractivity contribution in [1.29, 1.82) is 0 Å². The van der Waals surface area contributed by atoms with E-state index < -0.39 is 23.5 Å². The van der Waals surface area contributed by atoms with Gasteiger partial charge in [0.2, 0.25) is 0 Å². The van der Waals surface area contributed by atoms with E-state index in [-0.39, 0.29) is 34.7 Å². The molecule has 0 aromatic carbocycles. The lowest BCUT2D eigenvalue weighted by Gasteiger charge is -2.27. The number of aromatic nitrogens is 3. The number of carbonyl (C=O) groups excluding carboxylic acids is 2. The largest absolute Gasteiger partial charge is 0.463 e. The van der Waals surface area contributed by atoms with Crippen LogP contribution in [0.5, 0.6) is 0 Å². The number of ether oxygens (including phenoxy) is 2. The molecule has 4 heterocycles. The summed E-state index contributed by atoms with van der Waals surface area (Å²) in [5, 5.41) is 0. The number of fused-ring (bicyclic) bond motifs is 1. The molecule has 3 aromatic heterocycles. The van der Waals surface area contributed by atoms with Gasteiger partial charge in [-0.25, -0.2) is 9.59 Å². The Bertz CT molecular complexity index is 1440. The van der Waals surface area contributed by atoms with Gasteiger partial charge in [-0.05, 0) is 43.2 Å². The van der Waals surface area contributed by atoms with Gasteiger partial charge in [-0.3, -0.25) is 19.3 Å². The molecule has 0 radical (unpaired) electrons. The highest BCUT2D eigenvalue weighted by Gasteiger charge is 2.38. The molecule has 34 heavy (non-hydrogen) atoms. The van der Waals surface area contributed by atoms with Gasteiger partial charge in [-0.2, -0.15) is 0 Å². The number of rotatable bonds is 6. The molecule has 0 aliphatic carbocycles. The minimum absolute atomic E-state index is 0.0155. The van der Waals surface area contributed by atoms with Crippen LogP contribution in [0.4, 0.5) is 0 Å². The molecule has 4 rings (SSSR count). The van der Waals surface area contributed by atoms with Gasteiger partial charge in [-0.1, -0.05) is 12.1 Å². The summed E-state index contributed by atoms with van der Waals surface area (Å²) in [7, 11) is 0. The highest BCUT2D eigenvalue weighted by Crippen LogP contribution is 2.32. The maximum absolute atomic E-state index is 13.7. The summed E-state index contributed by atoms with van der Waals surface area (Å²) < 4.78 is 12.5. The molecule has 174 valence electrons. The fourth-order valence-electron chi connectivity index (χ4n) is 3.73. The van der Waals surface area contributed by atoms with E-state index in [1.54, 1.807) is 69.0 Å². The number of esters is 2. The molecule has 3 aromatic rings. The summed E-state index contributed by atoms with van der Waals surface area (Å²) >= 11 is 1.09. The summed E-state index contributed by atoms with van der Waals surface area (Å²) in [6.07, 6.45) is 8.05. The van der Waals surface area contributed by atoms with Crippen molar-refractivity contribution in [3.8, 4) is 0 Å². The van der Waals surface area contributed by atoms with Gasteiger partial charge in [0, 0.05) is 24.8 Å². The van der Waals surface area contributed by atoms with E-state index >= 15 is 0 Å². The molecule has 0 fully saturated rings. The maximum Gasteiger partial charge on any atom is 0.343 e. The first kappa shape index (κ1) is 23.1. The Balaban J connectivity index is 2.11.